The lowest BCUT2D eigenvalue weighted by Gasteiger charge is -2.14. The predicted molar refractivity (Wildman–Crippen MR) is 63.0 cm³/mol. The maximum Gasteiger partial charge on any atom is 0.700 e. The van der Waals surface area contributed by atoms with E-state index in [0.717, 1.165) is 11.6 Å². The summed E-state index contributed by atoms with van der Waals surface area (Å²) in [4.78, 5) is 17.1. The molecule has 92 valence electrons. The van der Waals surface area contributed by atoms with E-state index in [1.807, 2.05) is 6.07 Å². The molecular weight excluding hydrogens is 266 g/mol. The molecular formula is C9H11O6P2+. The monoisotopic (exact) mass is 277 g/mol. The van der Waals surface area contributed by atoms with Crippen molar-refractivity contribution in [1.82, 2.24) is 0 Å². The van der Waals surface area contributed by atoms with Crippen LogP contribution >= 0.6 is 17.3 Å². The molecule has 3 unspecified atom stereocenters. The van der Waals surface area contributed by atoms with Crippen molar-refractivity contribution < 1.29 is 28.5 Å². The lowest BCUT2D eigenvalue weighted by molar-refractivity contribution is -0.231. The summed E-state index contributed by atoms with van der Waals surface area (Å²) in [7, 11) is -4.15. The number of hydrogen-bond donors (Lipinski definition) is 3. The summed E-state index contributed by atoms with van der Waals surface area (Å²) in [5.41, 5.74) is 0.729. The molecule has 0 fully saturated rings. The summed E-state index contributed by atoms with van der Waals surface area (Å²) >= 11 is 0. The Morgan fingerprint density at radius 2 is 2.00 bits per heavy atom. The summed E-state index contributed by atoms with van der Waals surface area (Å²) in [6, 6.07) is 8.87. The molecule has 17 heavy (non-hydrogen) atoms. The Labute approximate surface area is 100 Å². The zero-order valence-corrected chi connectivity index (χ0v) is 10.4. The highest BCUT2D eigenvalue weighted by Crippen LogP contribution is 2.31. The molecule has 0 saturated heterocycles. The lowest BCUT2D eigenvalue weighted by atomic mass is 10.2. The minimum atomic E-state index is -3.06. The van der Waals surface area contributed by atoms with Gasteiger partial charge in [0.05, 0.1) is 0 Å². The summed E-state index contributed by atoms with van der Waals surface area (Å²) in [6.07, 6.45) is 2.45. The number of aliphatic hydroxyl groups is 1. The van der Waals surface area contributed by atoms with E-state index in [0.29, 0.717) is 0 Å². The van der Waals surface area contributed by atoms with Crippen molar-refractivity contribution in [2.45, 2.75) is 5.97 Å². The van der Waals surface area contributed by atoms with Gasteiger partial charge in [0, 0.05) is 10.6 Å². The molecule has 0 amide bonds. The quantitative estimate of drug-likeness (QED) is 0.539. The van der Waals surface area contributed by atoms with E-state index in [-0.39, 0.29) is 0 Å². The molecule has 1 rings (SSSR count). The molecule has 0 aliphatic carbocycles. The summed E-state index contributed by atoms with van der Waals surface area (Å²) < 4.78 is 19.2. The second-order valence-corrected chi connectivity index (χ2v) is 3.94. The first kappa shape index (κ1) is 14.4. The molecule has 6 nitrogen and oxygen atoms in total. The third-order valence-corrected chi connectivity index (χ3v) is 2.49. The van der Waals surface area contributed by atoms with Gasteiger partial charge in [-0.1, -0.05) is 36.4 Å². The fraction of sp³-hybridized carbons (Fsp3) is 0.111. The SMILES string of the molecule is O=[P+](O)OC(O)(C=Cc1ccccc1)OPO. The zero-order chi connectivity index (χ0) is 12.7. The standard InChI is InChI=1S/C9H10O6P2/c10-9(14-16-11,15-17(12)13)7-6-8-4-2-1-3-5-8/h1-7,10-11,16H/p+1. The van der Waals surface area contributed by atoms with Gasteiger partial charge in [0.1, 0.15) is 0 Å². The summed E-state index contributed by atoms with van der Waals surface area (Å²) in [6.45, 7) is 0. The van der Waals surface area contributed by atoms with Gasteiger partial charge in [0.15, 0.2) is 9.03 Å². The Morgan fingerprint density at radius 3 is 2.53 bits per heavy atom. The third-order valence-electron chi connectivity index (χ3n) is 1.69. The highest BCUT2D eigenvalue weighted by Gasteiger charge is 2.37. The average Bonchev–Trinajstić information content (AvgIpc) is 2.27. The number of rotatable bonds is 6. The molecule has 0 bridgehead atoms. The highest BCUT2D eigenvalue weighted by atomic mass is 31.1. The maximum absolute atomic E-state index is 10.5. The van der Waals surface area contributed by atoms with E-state index in [1.54, 1.807) is 24.3 Å². The zero-order valence-electron chi connectivity index (χ0n) is 8.56. The molecule has 0 spiro atoms. The van der Waals surface area contributed by atoms with Crippen LogP contribution in [0.1, 0.15) is 5.56 Å². The molecule has 1 aromatic rings. The predicted octanol–water partition coefficient (Wildman–Crippen LogP) is 1.53. The van der Waals surface area contributed by atoms with E-state index in [1.165, 1.54) is 6.08 Å². The van der Waals surface area contributed by atoms with Gasteiger partial charge in [-0.05, 0) is 10.1 Å². The topological polar surface area (TPSA) is 96.2 Å². The van der Waals surface area contributed by atoms with Gasteiger partial charge in [0.2, 0.25) is 0 Å². The first-order valence-corrected chi connectivity index (χ1v) is 6.43. The fourth-order valence-corrected chi connectivity index (χ4v) is 1.66. The smallest absolute Gasteiger partial charge is 0.352 e. The third kappa shape index (κ3) is 5.44. The maximum atomic E-state index is 10.5. The molecule has 0 saturated carbocycles. The molecule has 3 N–H and O–H groups in total. The second kappa shape index (κ2) is 6.89. The van der Waals surface area contributed by atoms with Gasteiger partial charge in [-0.2, -0.15) is 0 Å². The van der Waals surface area contributed by atoms with Crippen molar-refractivity contribution in [3.05, 3.63) is 42.0 Å². The number of hydrogen-bond acceptors (Lipinski definition) is 5. The van der Waals surface area contributed by atoms with E-state index >= 15 is 0 Å². The molecule has 3 atom stereocenters. The molecule has 0 aliphatic rings. The lowest BCUT2D eigenvalue weighted by Crippen LogP contribution is -2.27. The second-order valence-electron chi connectivity index (χ2n) is 2.90. The van der Waals surface area contributed by atoms with Gasteiger partial charge < -0.3 is 10.00 Å². The highest BCUT2D eigenvalue weighted by molar-refractivity contribution is 7.32. The Hall–Kier alpha value is -0.710. The molecule has 0 aliphatic heterocycles. The number of benzene rings is 1. The molecule has 0 heterocycles. The van der Waals surface area contributed by atoms with E-state index in [9.17, 15) is 9.67 Å². The Kier molecular flexibility index (Phi) is 5.82. The minimum absolute atomic E-state index is 0.729. The van der Waals surface area contributed by atoms with Crippen LogP contribution in [0.4, 0.5) is 0 Å². The van der Waals surface area contributed by atoms with Gasteiger partial charge in [-0.3, -0.25) is 4.52 Å². The van der Waals surface area contributed by atoms with Crippen LogP contribution in [0.15, 0.2) is 36.4 Å². The van der Waals surface area contributed by atoms with Crippen LogP contribution in [-0.4, -0.2) is 20.9 Å². The normalized spacial score (nSPS) is 16.5. The largest absolute Gasteiger partial charge is 0.700 e. The summed E-state index contributed by atoms with van der Waals surface area (Å²) in [5.74, 6) is -2.43. The van der Waals surface area contributed by atoms with E-state index < -0.39 is 23.3 Å². The van der Waals surface area contributed by atoms with Gasteiger partial charge >= 0.3 is 14.2 Å². The van der Waals surface area contributed by atoms with Crippen molar-refractivity contribution in [2.75, 3.05) is 0 Å². The molecule has 0 aromatic heterocycles. The molecule has 8 heteroatoms. The van der Waals surface area contributed by atoms with Gasteiger partial charge in [-0.25, -0.2) is 0 Å². The van der Waals surface area contributed by atoms with Crippen LogP contribution in [0.25, 0.3) is 6.08 Å². The molecule has 0 radical (unpaired) electrons. The Balaban J connectivity index is 2.79. The van der Waals surface area contributed by atoms with Gasteiger partial charge in [0.25, 0.3) is 0 Å². The van der Waals surface area contributed by atoms with Crippen LogP contribution in [0.2, 0.25) is 0 Å². The minimum Gasteiger partial charge on any atom is -0.352 e. The van der Waals surface area contributed by atoms with Crippen molar-refractivity contribution in [2.24, 2.45) is 0 Å². The fourth-order valence-electron chi connectivity index (χ4n) is 1.03. The molecule has 1 aromatic carbocycles. The van der Waals surface area contributed by atoms with E-state index in [4.69, 9.17) is 9.79 Å². The average molecular weight is 277 g/mol. The first-order chi connectivity index (χ1) is 8.06. The van der Waals surface area contributed by atoms with Crippen molar-refractivity contribution in [3.63, 3.8) is 0 Å². The van der Waals surface area contributed by atoms with Gasteiger partial charge in [-0.15, -0.1) is 4.89 Å². The first-order valence-electron chi connectivity index (χ1n) is 4.45. The van der Waals surface area contributed by atoms with Crippen LogP contribution in [0.5, 0.6) is 0 Å². The van der Waals surface area contributed by atoms with Crippen LogP contribution < -0.4 is 0 Å². The Bertz CT molecular complexity index is 396. The van der Waals surface area contributed by atoms with Crippen molar-refractivity contribution in [1.29, 1.82) is 0 Å². The summed E-state index contributed by atoms with van der Waals surface area (Å²) in [5, 5.41) is 9.61. The Morgan fingerprint density at radius 1 is 1.35 bits per heavy atom. The van der Waals surface area contributed by atoms with Crippen molar-refractivity contribution >= 4 is 23.4 Å². The van der Waals surface area contributed by atoms with E-state index in [2.05, 4.69) is 9.05 Å². The van der Waals surface area contributed by atoms with Crippen LogP contribution in [-0.2, 0) is 13.6 Å². The van der Waals surface area contributed by atoms with Crippen molar-refractivity contribution in [3.8, 4) is 0 Å². The van der Waals surface area contributed by atoms with Crippen LogP contribution in [0, 0.1) is 0 Å². The van der Waals surface area contributed by atoms with Crippen LogP contribution in [0.3, 0.4) is 0 Å².